The number of hydrogen-bond donors (Lipinski definition) is 2. The topological polar surface area (TPSA) is 124 Å². The van der Waals surface area contributed by atoms with Gasteiger partial charge in [-0.3, -0.25) is 19.7 Å². The van der Waals surface area contributed by atoms with Crippen LogP contribution >= 0.6 is 11.8 Å². The molecule has 11 heteroatoms. The molecule has 0 radical (unpaired) electrons. The summed E-state index contributed by atoms with van der Waals surface area (Å²) in [6, 6.07) is -0.921. The Bertz CT molecular complexity index is 650. The van der Waals surface area contributed by atoms with Crippen LogP contribution in [0.25, 0.3) is 0 Å². The zero-order valence-electron chi connectivity index (χ0n) is 18.9. The number of thioether (sulfide) groups is 1. The van der Waals surface area contributed by atoms with Crippen molar-refractivity contribution in [2.75, 3.05) is 57.8 Å². The standard InChI is InChI=1S/C20H35N5O5S/c1-20(2,3)30-19(29)25-11-9-22-7-6-21-8-10-24(12-13-25)15-17(26)23-16(18(27)28)5-14-31-4/h8-9,16H,5-7,10-15H2,1-4H3,(H,23,26)(H,27,28). The fourth-order valence-electron chi connectivity index (χ4n) is 2.64. The van der Waals surface area contributed by atoms with Crippen LogP contribution in [-0.2, 0) is 14.3 Å². The largest absolute Gasteiger partial charge is 0.480 e. The van der Waals surface area contributed by atoms with E-state index in [0.29, 0.717) is 51.4 Å². The molecule has 0 spiro atoms. The zero-order chi connectivity index (χ0) is 23.3. The summed E-state index contributed by atoms with van der Waals surface area (Å²) in [6.07, 6.45) is 5.18. The van der Waals surface area contributed by atoms with Crippen LogP contribution in [-0.4, -0.2) is 115 Å². The number of carbonyl (C=O) groups excluding carboxylic acids is 2. The molecule has 0 aliphatic carbocycles. The van der Waals surface area contributed by atoms with E-state index in [-0.39, 0.29) is 12.5 Å². The van der Waals surface area contributed by atoms with Crippen LogP contribution < -0.4 is 5.32 Å². The van der Waals surface area contributed by atoms with Gasteiger partial charge < -0.3 is 20.1 Å². The number of amides is 2. The maximum absolute atomic E-state index is 12.5. The molecule has 2 amide bonds. The Kier molecular flexibility index (Phi) is 12.2. The van der Waals surface area contributed by atoms with E-state index in [0.717, 1.165) is 0 Å². The van der Waals surface area contributed by atoms with Gasteiger partial charge in [-0.2, -0.15) is 11.8 Å². The minimum Gasteiger partial charge on any atom is -0.480 e. The van der Waals surface area contributed by atoms with Crippen LogP contribution in [0.4, 0.5) is 4.79 Å². The summed E-state index contributed by atoms with van der Waals surface area (Å²) < 4.78 is 5.47. The van der Waals surface area contributed by atoms with Gasteiger partial charge in [-0.25, -0.2) is 9.59 Å². The number of ether oxygens (including phenoxy) is 1. The quantitative estimate of drug-likeness (QED) is 0.584. The normalized spacial score (nSPS) is 17.4. The first-order chi connectivity index (χ1) is 14.6. The van der Waals surface area contributed by atoms with Gasteiger partial charge in [-0.15, -0.1) is 0 Å². The number of aliphatic imine (C=N–C) groups is 2. The monoisotopic (exact) mass is 457 g/mol. The van der Waals surface area contributed by atoms with Crippen LogP contribution in [0.2, 0.25) is 0 Å². The van der Waals surface area contributed by atoms with E-state index < -0.39 is 23.7 Å². The van der Waals surface area contributed by atoms with Crippen molar-refractivity contribution >= 4 is 42.2 Å². The fraction of sp³-hybridized carbons (Fsp3) is 0.750. The molecule has 1 aliphatic heterocycles. The highest BCUT2D eigenvalue weighted by Gasteiger charge is 2.24. The second-order valence-electron chi connectivity index (χ2n) is 8.08. The molecule has 1 aliphatic rings. The average Bonchev–Trinajstić information content (AvgIpc) is 2.65. The number of rotatable bonds is 7. The van der Waals surface area contributed by atoms with Gasteiger partial charge in [0, 0.05) is 32.1 Å². The summed E-state index contributed by atoms with van der Waals surface area (Å²) in [5, 5.41) is 11.9. The van der Waals surface area contributed by atoms with E-state index in [1.54, 1.807) is 33.2 Å². The molecule has 10 nitrogen and oxygen atoms in total. The molecule has 1 atom stereocenters. The molecular formula is C20H35N5O5S. The highest BCUT2D eigenvalue weighted by molar-refractivity contribution is 7.98. The molecule has 0 bridgehead atoms. The summed E-state index contributed by atoms with van der Waals surface area (Å²) in [4.78, 5) is 48.3. The average molecular weight is 458 g/mol. The van der Waals surface area contributed by atoms with Crippen LogP contribution in [0.5, 0.6) is 0 Å². The van der Waals surface area contributed by atoms with Gasteiger partial charge in [-0.1, -0.05) is 0 Å². The van der Waals surface area contributed by atoms with Crippen molar-refractivity contribution in [1.82, 2.24) is 15.1 Å². The third-order valence-corrected chi connectivity index (χ3v) is 4.85. The second kappa shape index (κ2) is 14.0. The Hall–Kier alpha value is -2.14. The minimum absolute atomic E-state index is 0.00527. The van der Waals surface area contributed by atoms with Gasteiger partial charge in [-0.05, 0) is 39.2 Å². The van der Waals surface area contributed by atoms with Gasteiger partial charge >= 0.3 is 12.1 Å². The van der Waals surface area contributed by atoms with Crippen LogP contribution in [0.3, 0.4) is 0 Å². The minimum atomic E-state index is -1.05. The predicted octanol–water partition coefficient (Wildman–Crippen LogP) is 1.00. The second-order valence-corrected chi connectivity index (χ2v) is 9.06. The van der Waals surface area contributed by atoms with E-state index in [4.69, 9.17) is 4.74 Å². The Balaban J connectivity index is 2.79. The van der Waals surface area contributed by atoms with Crippen LogP contribution in [0.1, 0.15) is 27.2 Å². The third-order valence-electron chi connectivity index (χ3n) is 4.21. The van der Waals surface area contributed by atoms with Crippen molar-refractivity contribution in [1.29, 1.82) is 0 Å². The van der Waals surface area contributed by atoms with Crippen molar-refractivity contribution in [2.45, 2.75) is 38.8 Å². The number of nitrogens with zero attached hydrogens (tertiary/aromatic N) is 4. The Morgan fingerprint density at radius 2 is 1.81 bits per heavy atom. The lowest BCUT2D eigenvalue weighted by Gasteiger charge is -2.29. The smallest absolute Gasteiger partial charge is 0.410 e. The number of carboxylic acids is 1. The van der Waals surface area contributed by atoms with E-state index in [1.165, 1.54) is 16.7 Å². The van der Waals surface area contributed by atoms with E-state index >= 15 is 0 Å². The summed E-state index contributed by atoms with van der Waals surface area (Å²) in [6.45, 7) is 7.87. The van der Waals surface area contributed by atoms with E-state index in [2.05, 4.69) is 15.3 Å². The number of carboxylic acid groups (broad SMARTS) is 1. The van der Waals surface area contributed by atoms with E-state index in [9.17, 15) is 19.5 Å². The van der Waals surface area contributed by atoms with Crippen molar-refractivity contribution < 1.29 is 24.2 Å². The van der Waals surface area contributed by atoms with Gasteiger partial charge in [0.25, 0.3) is 0 Å². The molecule has 0 aromatic rings. The van der Waals surface area contributed by atoms with Gasteiger partial charge in [0.15, 0.2) is 0 Å². The summed E-state index contributed by atoms with van der Waals surface area (Å²) >= 11 is 1.53. The zero-order valence-corrected chi connectivity index (χ0v) is 19.7. The third kappa shape index (κ3) is 12.3. The number of nitrogens with one attached hydrogen (secondary N) is 1. The SMILES string of the molecule is CSCCC(NC(=O)CN1CC=NCCN=CCN(C(=O)OC(C)(C)C)CC1)C(=O)O. The number of carbonyl (C=O) groups is 3. The molecule has 176 valence electrons. The highest BCUT2D eigenvalue weighted by Crippen LogP contribution is 2.10. The van der Waals surface area contributed by atoms with Crippen molar-refractivity contribution in [3.8, 4) is 0 Å². The lowest BCUT2D eigenvalue weighted by atomic mass is 10.2. The molecule has 1 rings (SSSR count). The maximum atomic E-state index is 12.5. The molecule has 0 aromatic heterocycles. The Morgan fingerprint density at radius 3 is 2.39 bits per heavy atom. The van der Waals surface area contributed by atoms with Gasteiger partial charge in [0.1, 0.15) is 11.6 Å². The van der Waals surface area contributed by atoms with Crippen molar-refractivity contribution in [3.63, 3.8) is 0 Å². The Morgan fingerprint density at radius 1 is 1.16 bits per heavy atom. The van der Waals surface area contributed by atoms with Crippen LogP contribution in [0.15, 0.2) is 9.98 Å². The summed E-state index contributed by atoms with van der Waals surface area (Å²) in [5.74, 6) is -0.785. The molecule has 31 heavy (non-hydrogen) atoms. The highest BCUT2D eigenvalue weighted by atomic mass is 32.2. The van der Waals surface area contributed by atoms with Crippen molar-refractivity contribution in [2.24, 2.45) is 9.98 Å². The van der Waals surface area contributed by atoms with Gasteiger partial charge in [0.05, 0.1) is 26.2 Å². The fourth-order valence-corrected chi connectivity index (χ4v) is 3.12. The molecular weight excluding hydrogens is 422 g/mol. The summed E-state index contributed by atoms with van der Waals surface area (Å²) in [7, 11) is 0. The number of aliphatic carboxylic acids is 1. The molecule has 1 unspecified atom stereocenters. The molecule has 0 saturated carbocycles. The van der Waals surface area contributed by atoms with Crippen molar-refractivity contribution in [3.05, 3.63) is 0 Å². The molecule has 0 saturated heterocycles. The Labute approximate surface area is 188 Å². The molecule has 0 fully saturated rings. The maximum Gasteiger partial charge on any atom is 0.410 e. The first-order valence-corrected chi connectivity index (χ1v) is 11.7. The first kappa shape index (κ1) is 26.9. The number of hydrogen-bond acceptors (Lipinski definition) is 8. The summed E-state index contributed by atoms with van der Waals surface area (Å²) in [5.41, 5.74) is -0.618. The lowest BCUT2D eigenvalue weighted by Crippen LogP contribution is -2.48. The lowest BCUT2D eigenvalue weighted by molar-refractivity contribution is -0.142. The molecule has 2 N–H and O–H groups in total. The van der Waals surface area contributed by atoms with Crippen LogP contribution in [0, 0.1) is 0 Å². The van der Waals surface area contributed by atoms with Gasteiger partial charge in [0.2, 0.25) is 5.91 Å². The molecule has 0 aromatic carbocycles. The molecule has 1 heterocycles. The predicted molar refractivity (Wildman–Crippen MR) is 124 cm³/mol. The first-order valence-electron chi connectivity index (χ1n) is 10.3. The van der Waals surface area contributed by atoms with E-state index in [1.807, 2.05) is 11.2 Å².